The van der Waals surface area contributed by atoms with Gasteiger partial charge in [0.1, 0.15) is 24.2 Å². The van der Waals surface area contributed by atoms with Crippen molar-refractivity contribution in [2.24, 2.45) is 5.92 Å². The quantitative estimate of drug-likeness (QED) is 0.808. The lowest BCUT2D eigenvalue weighted by Gasteiger charge is -2.26. The van der Waals surface area contributed by atoms with Crippen molar-refractivity contribution in [3.63, 3.8) is 0 Å². The number of hydrogen-bond donors (Lipinski definition) is 2. The van der Waals surface area contributed by atoms with Gasteiger partial charge in [-0.25, -0.2) is 4.79 Å². The Morgan fingerprint density at radius 3 is 2.88 bits per heavy atom. The van der Waals surface area contributed by atoms with Crippen LogP contribution in [0.25, 0.3) is 11.1 Å². The zero-order valence-electron chi connectivity index (χ0n) is 15.2. The SMILES string of the molecule is CC(C)C[C@@H](COc1ccc2c(c1)OC(C)c1cnccc1-2)NC(=O)O. The van der Waals surface area contributed by atoms with Crippen molar-refractivity contribution < 1.29 is 19.4 Å². The molecule has 0 fully saturated rings. The Bertz CT molecular complexity index is 791. The van der Waals surface area contributed by atoms with Crippen LogP contribution in [-0.2, 0) is 0 Å². The molecule has 1 aromatic carbocycles. The summed E-state index contributed by atoms with van der Waals surface area (Å²) in [6.07, 6.45) is 3.21. The van der Waals surface area contributed by atoms with Crippen molar-refractivity contribution in [3.05, 3.63) is 42.2 Å². The molecule has 0 saturated carbocycles. The number of hydrogen-bond acceptors (Lipinski definition) is 4. The zero-order chi connectivity index (χ0) is 18.7. The lowest BCUT2D eigenvalue weighted by Crippen LogP contribution is -2.39. The summed E-state index contributed by atoms with van der Waals surface area (Å²) in [5, 5.41) is 11.5. The number of amides is 1. The number of nitrogens with zero attached hydrogens (tertiary/aromatic N) is 1. The van der Waals surface area contributed by atoms with Gasteiger partial charge in [-0.3, -0.25) is 4.98 Å². The predicted octanol–water partition coefficient (Wildman–Crippen LogP) is 4.26. The number of nitrogens with one attached hydrogen (secondary N) is 1. The highest BCUT2D eigenvalue weighted by molar-refractivity contribution is 5.76. The number of carbonyl (C=O) groups is 1. The molecule has 2 heterocycles. The fourth-order valence-corrected chi connectivity index (χ4v) is 3.25. The van der Waals surface area contributed by atoms with E-state index in [1.54, 1.807) is 6.20 Å². The molecule has 2 aromatic rings. The average molecular weight is 356 g/mol. The second kappa shape index (κ2) is 7.64. The number of pyridine rings is 1. The van der Waals surface area contributed by atoms with Crippen molar-refractivity contribution in [1.82, 2.24) is 10.3 Å². The molecule has 6 heteroatoms. The summed E-state index contributed by atoms with van der Waals surface area (Å²) < 4.78 is 11.8. The summed E-state index contributed by atoms with van der Waals surface area (Å²) >= 11 is 0. The summed E-state index contributed by atoms with van der Waals surface area (Å²) in [4.78, 5) is 15.1. The normalized spacial score (nSPS) is 16.2. The van der Waals surface area contributed by atoms with E-state index in [-0.39, 0.29) is 18.8 Å². The van der Waals surface area contributed by atoms with Crippen LogP contribution >= 0.6 is 0 Å². The molecule has 2 N–H and O–H groups in total. The van der Waals surface area contributed by atoms with Crippen LogP contribution in [0.3, 0.4) is 0 Å². The third-order valence-corrected chi connectivity index (χ3v) is 4.37. The molecule has 138 valence electrons. The summed E-state index contributed by atoms with van der Waals surface area (Å²) in [5.41, 5.74) is 3.19. The minimum atomic E-state index is -1.04. The Balaban J connectivity index is 1.75. The van der Waals surface area contributed by atoms with Gasteiger partial charge >= 0.3 is 6.09 Å². The third-order valence-electron chi connectivity index (χ3n) is 4.37. The second-order valence-corrected chi connectivity index (χ2v) is 6.97. The summed E-state index contributed by atoms with van der Waals surface area (Å²) in [5.74, 6) is 1.79. The molecule has 3 rings (SSSR count). The van der Waals surface area contributed by atoms with Gasteiger partial charge in [-0.15, -0.1) is 0 Å². The predicted molar refractivity (Wildman–Crippen MR) is 98.6 cm³/mol. The van der Waals surface area contributed by atoms with E-state index in [9.17, 15) is 4.79 Å². The van der Waals surface area contributed by atoms with Crippen LogP contribution in [0.4, 0.5) is 4.79 Å². The van der Waals surface area contributed by atoms with Gasteiger partial charge in [0.05, 0.1) is 6.04 Å². The summed E-state index contributed by atoms with van der Waals surface area (Å²) in [7, 11) is 0. The lowest BCUT2D eigenvalue weighted by molar-refractivity contribution is 0.176. The Kier molecular flexibility index (Phi) is 5.30. The van der Waals surface area contributed by atoms with E-state index >= 15 is 0 Å². The highest BCUT2D eigenvalue weighted by atomic mass is 16.5. The Labute approximate surface area is 153 Å². The smallest absolute Gasteiger partial charge is 0.404 e. The Hall–Kier alpha value is -2.76. The third kappa shape index (κ3) is 4.07. The maximum Gasteiger partial charge on any atom is 0.404 e. The van der Waals surface area contributed by atoms with Gasteiger partial charge < -0.3 is 19.9 Å². The molecule has 1 amide bonds. The van der Waals surface area contributed by atoms with E-state index < -0.39 is 6.09 Å². The molecule has 6 nitrogen and oxygen atoms in total. The molecule has 0 bridgehead atoms. The largest absolute Gasteiger partial charge is 0.491 e. The number of benzene rings is 1. The standard InChI is InChI=1S/C20H24N2O4/c1-12(2)8-14(22-20(23)24)11-25-15-4-5-17-16-6-7-21-10-18(16)13(3)26-19(17)9-15/h4-7,9-10,12-14,22H,8,11H2,1-3H3,(H,23,24)/t13?,14-/m0/s1. The van der Waals surface area contributed by atoms with Crippen LogP contribution in [0.5, 0.6) is 11.5 Å². The molecule has 0 saturated heterocycles. The molecule has 1 unspecified atom stereocenters. The van der Waals surface area contributed by atoms with E-state index in [0.717, 1.165) is 22.4 Å². The summed E-state index contributed by atoms with van der Waals surface area (Å²) in [6, 6.07) is 7.45. The average Bonchev–Trinajstić information content (AvgIpc) is 2.59. The zero-order valence-corrected chi connectivity index (χ0v) is 15.2. The first-order valence-electron chi connectivity index (χ1n) is 8.81. The molecule has 26 heavy (non-hydrogen) atoms. The van der Waals surface area contributed by atoms with Crippen LogP contribution in [-0.4, -0.2) is 28.8 Å². The van der Waals surface area contributed by atoms with Gasteiger partial charge in [-0.1, -0.05) is 13.8 Å². The highest BCUT2D eigenvalue weighted by Crippen LogP contribution is 2.43. The Morgan fingerprint density at radius 1 is 1.35 bits per heavy atom. The first-order valence-corrected chi connectivity index (χ1v) is 8.81. The van der Waals surface area contributed by atoms with Crippen molar-refractivity contribution in [3.8, 4) is 22.6 Å². The monoisotopic (exact) mass is 356 g/mol. The molecule has 0 spiro atoms. The molecule has 0 aliphatic carbocycles. The number of carboxylic acid groups (broad SMARTS) is 1. The van der Waals surface area contributed by atoms with Crippen molar-refractivity contribution in [2.75, 3.05) is 6.61 Å². The Morgan fingerprint density at radius 2 is 2.15 bits per heavy atom. The van der Waals surface area contributed by atoms with E-state index in [2.05, 4.69) is 24.1 Å². The first-order chi connectivity index (χ1) is 12.4. The minimum Gasteiger partial charge on any atom is -0.491 e. The minimum absolute atomic E-state index is 0.0798. The van der Waals surface area contributed by atoms with Gasteiger partial charge in [0.15, 0.2) is 0 Å². The van der Waals surface area contributed by atoms with E-state index in [1.807, 2.05) is 37.4 Å². The van der Waals surface area contributed by atoms with E-state index in [0.29, 0.717) is 18.1 Å². The molecule has 1 aliphatic rings. The summed E-state index contributed by atoms with van der Waals surface area (Å²) in [6.45, 7) is 6.37. The number of rotatable bonds is 6. The van der Waals surface area contributed by atoms with Crippen LogP contribution in [0.2, 0.25) is 0 Å². The second-order valence-electron chi connectivity index (χ2n) is 6.97. The number of aromatic nitrogens is 1. The first kappa shape index (κ1) is 18.0. The van der Waals surface area contributed by atoms with Crippen molar-refractivity contribution in [1.29, 1.82) is 0 Å². The molecular formula is C20H24N2O4. The number of ether oxygens (including phenoxy) is 2. The lowest BCUT2D eigenvalue weighted by atomic mass is 9.95. The molecule has 0 radical (unpaired) electrons. The van der Waals surface area contributed by atoms with Crippen LogP contribution in [0.15, 0.2) is 36.7 Å². The fourth-order valence-electron chi connectivity index (χ4n) is 3.25. The van der Waals surface area contributed by atoms with E-state index in [4.69, 9.17) is 14.6 Å². The van der Waals surface area contributed by atoms with Crippen molar-refractivity contribution >= 4 is 6.09 Å². The van der Waals surface area contributed by atoms with Gasteiger partial charge in [0, 0.05) is 29.6 Å². The van der Waals surface area contributed by atoms with Crippen LogP contribution < -0.4 is 14.8 Å². The molecular weight excluding hydrogens is 332 g/mol. The maximum absolute atomic E-state index is 11.0. The maximum atomic E-state index is 11.0. The van der Waals surface area contributed by atoms with Gasteiger partial charge in [0.2, 0.25) is 0 Å². The van der Waals surface area contributed by atoms with Crippen LogP contribution in [0, 0.1) is 5.92 Å². The van der Waals surface area contributed by atoms with Gasteiger partial charge in [-0.05, 0) is 43.0 Å². The van der Waals surface area contributed by atoms with E-state index in [1.165, 1.54) is 0 Å². The van der Waals surface area contributed by atoms with Crippen LogP contribution in [0.1, 0.15) is 38.9 Å². The fraction of sp³-hybridized carbons (Fsp3) is 0.400. The van der Waals surface area contributed by atoms with Crippen molar-refractivity contribution in [2.45, 2.75) is 39.3 Å². The highest BCUT2D eigenvalue weighted by Gasteiger charge is 2.23. The topological polar surface area (TPSA) is 80.7 Å². The molecule has 2 atom stereocenters. The number of fused-ring (bicyclic) bond motifs is 3. The molecule has 1 aromatic heterocycles. The van der Waals surface area contributed by atoms with Gasteiger partial charge in [0.25, 0.3) is 0 Å². The molecule has 1 aliphatic heterocycles. The van der Waals surface area contributed by atoms with Gasteiger partial charge in [-0.2, -0.15) is 0 Å².